The number of hydrogen-bond donors (Lipinski definition) is 1. The number of imidazole rings is 1. The molecule has 0 radical (unpaired) electrons. The third-order valence-electron chi connectivity index (χ3n) is 2.10. The van der Waals surface area contributed by atoms with Gasteiger partial charge >= 0.3 is 0 Å². The van der Waals surface area contributed by atoms with Gasteiger partial charge < -0.3 is 9.72 Å². The predicted octanol–water partition coefficient (Wildman–Crippen LogP) is 3.99. The van der Waals surface area contributed by atoms with E-state index in [4.69, 9.17) is 39.5 Å². The molecule has 1 N–H and O–H groups in total. The van der Waals surface area contributed by atoms with Crippen LogP contribution in [0.5, 0.6) is 5.75 Å². The van der Waals surface area contributed by atoms with Crippen LogP contribution < -0.4 is 4.74 Å². The Morgan fingerprint density at radius 2 is 1.88 bits per heavy atom. The van der Waals surface area contributed by atoms with Crippen molar-refractivity contribution in [2.24, 2.45) is 0 Å². The number of hydrogen-bond acceptors (Lipinski definition) is 2. The van der Waals surface area contributed by atoms with Gasteiger partial charge in [0.25, 0.3) is 0 Å². The zero-order chi connectivity index (χ0) is 12.3. The minimum atomic E-state index is 0.405. The average molecular weight is 292 g/mol. The average Bonchev–Trinajstić information content (AvgIpc) is 2.74. The molecule has 0 unspecified atom stereocenters. The first-order valence-corrected chi connectivity index (χ1v) is 6.06. The number of H-pyrrole nitrogens is 1. The van der Waals surface area contributed by atoms with Gasteiger partial charge in [0.2, 0.25) is 0 Å². The van der Waals surface area contributed by atoms with Gasteiger partial charge in [0.1, 0.15) is 5.82 Å². The fourth-order valence-electron chi connectivity index (χ4n) is 1.35. The Morgan fingerprint density at radius 3 is 2.47 bits per heavy atom. The molecule has 2 rings (SSSR count). The standard InChI is InChI=1S/C11H9Cl3N2O/c12-7-5-8(13)11(9(14)6-7)17-4-1-10-15-2-3-16-10/h2-3,5-6H,1,4H2,(H,15,16). The second kappa shape index (κ2) is 5.63. The summed E-state index contributed by atoms with van der Waals surface area (Å²) in [6.07, 6.45) is 4.11. The SMILES string of the molecule is Clc1cc(Cl)c(OCCc2ncc[nH]2)c(Cl)c1. The maximum absolute atomic E-state index is 5.98. The van der Waals surface area contributed by atoms with Gasteiger partial charge in [-0.15, -0.1) is 0 Å². The number of ether oxygens (including phenoxy) is 1. The Kier molecular flexibility index (Phi) is 4.15. The lowest BCUT2D eigenvalue weighted by atomic mass is 10.3. The molecule has 90 valence electrons. The Balaban J connectivity index is 1.99. The van der Waals surface area contributed by atoms with E-state index in [-0.39, 0.29) is 0 Å². The molecular formula is C11H9Cl3N2O. The van der Waals surface area contributed by atoms with Gasteiger partial charge in [-0.25, -0.2) is 4.98 Å². The van der Waals surface area contributed by atoms with E-state index in [1.807, 2.05) is 0 Å². The van der Waals surface area contributed by atoms with Crippen molar-refractivity contribution in [1.82, 2.24) is 9.97 Å². The van der Waals surface area contributed by atoms with Crippen molar-refractivity contribution in [3.05, 3.63) is 45.4 Å². The van der Waals surface area contributed by atoms with Crippen LogP contribution in [0.2, 0.25) is 15.1 Å². The molecule has 0 atom stereocenters. The first-order chi connectivity index (χ1) is 8.16. The highest BCUT2D eigenvalue weighted by Gasteiger charge is 2.09. The second-order valence-corrected chi connectivity index (χ2v) is 4.58. The molecule has 0 fully saturated rings. The Bertz CT molecular complexity index is 476. The molecule has 0 aliphatic heterocycles. The second-order valence-electron chi connectivity index (χ2n) is 3.33. The molecule has 1 aromatic heterocycles. The van der Waals surface area contributed by atoms with Crippen LogP contribution in [-0.4, -0.2) is 16.6 Å². The molecule has 0 bridgehead atoms. The summed E-state index contributed by atoms with van der Waals surface area (Å²) in [5.41, 5.74) is 0. The van der Waals surface area contributed by atoms with Gasteiger partial charge in [-0.1, -0.05) is 34.8 Å². The Hall–Kier alpha value is -0.900. The van der Waals surface area contributed by atoms with Crippen LogP contribution in [0.1, 0.15) is 5.82 Å². The van der Waals surface area contributed by atoms with Crippen molar-refractivity contribution in [2.75, 3.05) is 6.61 Å². The normalized spacial score (nSPS) is 10.5. The maximum Gasteiger partial charge on any atom is 0.156 e. The molecule has 0 aliphatic carbocycles. The van der Waals surface area contributed by atoms with Crippen molar-refractivity contribution in [1.29, 1.82) is 0 Å². The topological polar surface area (TPSA) is 37.9 Å². The highest BCUT2D eigenvalue weighted by molar-refractivity contribution is 6.40. The van der Waals surface area contributed by atoms with Crippen LogP contribution in [0.15, 0.2) is 24.5 Å². The van der Waals surface area contributed by atoms with E-state index in [0.717, 1.165) is 5.82 Å². The lowest BCUT2D eigenvalue weighted by molar-refractivity contribution is 0.319. The number of nitrogens with zero attached hydrogens (tertiary/aromatic N) is 1. The van der Waals surface area contributed by atoms with E-state index in [1.165, 1.54) is 0 Å². The van der Waals surface area contributed by atoms with Gasteiger partial charge in [0.05, 0.1) is 16.7 Å². The number of aromatic amines is 1. The number of benzene rings is 1. The monoisotopic (exact) mass is 290 g/mol. The minimum Gasteiger partial charge on any atom is -0.490 e. The molecular weight excluding hydrogens is 282 g/mol. The summed E-state index contributed by atoms with van der Waals surface area (Å²) in [6.45, 7) is 0.439. The van der Waals surface area contributed by atoms with E-state index in [9.17, 15) is 0 Å². The molecule has 0 amide bonds. The summed E-state index contributed by atoms with van der Waals surface area (Å²) in [6, 6.07) is 3.19. The van der Waals surface area contributed by atoms with Crippen LogP contribution in [0, 0.1) is 0 Å². The summed E-state index contributed by atoms with van der Waals surface area (Å²) < 4.78 is 5.51. The Morgan fingerprint density at radius 1 is 1.18 bits per heavy atom. The lowest BCUT2D eigenvalue weighted by Crippen LogP contribution is -2.03. The van der Waals surface area contributed by atoms with Gasteiger partial charge in [0.15, 0.2) is 5.75 Å². The van der Waals surface area contributed by atoms with Crippen LogP contribution in [-0.2, 0) is 6.42 Å². The largest absolute Gasteiger partial charge is 0.490 e. The molecule has 17 heavy (non-hydrogen) atoms. The summed E-state index contributed by atoms with van der Waals surface area (Å²) in [5, 5.41) is 1.29. The molecule has 6 heteroatoms. The molecule has 3 nitrogen and oxygen atoms in total. The molecule has 0 saturated carbocycles. The van der Waals surface area contributed by atoms with Crippen molar-refractivity contribution in [3.63, 3.8) is 0 Å². The third-order valence-corrected chi connectivity index (χ3v) is 2.88. The van der Waals surface area contributed by atoms with Crippen molar-refractivity contribution >= 4 is 34.8 Å². The summed E-state index contributed by atoms with van der Waals surface area (Å²) in [5.74, 6) is 1.30. The number of nitrogens with one attached hydrogen (secondary N) is 1. The lowest BCUT2D eigenvalue weighted by Gasteiger charge is -2.09. The van der Waals surface area contributed by atoms with Crippen molar-refractivity contribution in [2.45, 2.75) is 6.42 Å². The van der Waals surface area contributed by atoms with Gasteiger partial charge in [0, 0.05) is 23.8 Å². The zero-order valence-electron chi connectivity index (χ0n) is 8.71. The highest BCUT2D eigenvalue weighted by Crippen LogP contribution is 2.35. The summed E-state index contributed by atoms with van der Waals surface area (Å²) >= 11 is 17.8. The molecule has 0 saturated heterocycles. The highest BCUT2D eigenvalue weighted by atomic mass is 35.5. The molecule has 0 aliphatic rings. The number of rotatable bonds is 4. The van der Waals surface area contributed by atoms with Crippen LogP contribution in [0.25, 0.3) is 0 Å². The van der Waals surface area contributed by atoms with Crippen molar-refractivity contribution < 1.29 is 4.74 Å². The van der Waals surface area contributed by atoms with E-state index >= 15 is 0 Å². The van der Waals surface area contributed by atoms with Crippen LogP contribution >= 0.6 is 34.8 Å². The third kappa shape index (κ3) is 3.28. The summed E-state index contributed by atoms with van der Waals surface area (Å²) in [4.78, 5) is 7.07. The maximum atomic E-state index is 5.98. The van der Waals surface area contributed by atoms with E-state index in [0.29, 0.717) is 33.8 Å². The number of halogens is 3. The first-order valence-electron chi connectivity index (χ1n) is 4.92. The van der Waals surface area contributed by atoms with Crippen molar-refractivity contribution in [3.8, 4) is 5.75 Å². The van der Waals surface area contributed by atoms with Gasteiger partial charge in [-0.2, -0.15) is 0 Å². The van der Waals surface area contributed by atoms with E-state index in [2.05, 4.69) is 9.97 Å². The van der Waals surface area contributed by atoms with E-state index in [1.54, 1.807) is 24.5 Å². The Labute approximate surface area is 114 Å². The molecule has 0 spiro atoms. The van der Waals surface area contributed by atoms with Gasteiger partial charge in [-0.3, -0.25) is 0 Å². The van der Waals surface area contributed by atoms with E-state index < -0.39 is 0 Å². The molecule has 2 aromatic rings. The smallest absolute Gasteiger partial charge is 0.156 e. The molecule has 1 heterocycles. The number of aromatic nitrogens is 2. The zero-order valence-corrected chi connectivity index (χ0v) is 11.0. The van der Waals surface area contributed by atoms with Gasteiger partial charge in [-0.05, 0) is 12.1 Å². The summed E-state index contributed by atoms with van der Waals surface area (Å²) in [7, 11) is 0. The minimum absolute atomic E-state index is 0.405. The fraction of sp³-hybridized carbons (Fsp3) is 0.182. The van der Waals surface area contributed by atoms with Crippen LogP contribution in [0.3, 0.4) is 0 Å². The first kappa shape index (κ1) is 12.6. The van der Waals surface area contributed by atoms with Crippen LogP contribution in [0.4, 0.5) is 0 Å². The predicted molar refractivity (Wildman–Crippen MR) is 69.3 cm³/mol. The quantitative estimate of drug-likeness (QED) is 0.925. The fourth-order valence-corrected chi connectivity index (χ4v) is 2.28. The molecule has 1 aromatic carbocycles.